The second kappa shape index (κ2) is 6.03. The minimum absolute atomic E-state index is 0.000234. The number of rotatable bonds is 5. The molecule has 1 aromatic carbocycles. The Morgan fingerprint density at radius 2 is 2.29 bits per heavy atom. The van der Waals surface area contributed by atoms with E-state index in [0.29, 0.717) is 5.56 Å². The largest absolute Gasteiger partial charge is 0.487 e. The molecular formula is C16H24N2O3. The molecule has 116 valence electrons. The van der Waals surface area contributed by atoms with E-state index in [-0.39, 0.29) is 24.5 Å². The van der Waals surface area contributed by atoms with Crippen LogP contribution in [0.2, 0.25) is 0 Å². The van der Waals surface area contributed by atoms with E-state index in [4.69, 9.17) is 4.74 Å². The van der Waals surface area contributed by atoms with Gasteiger partial charge in [-0.3, -0.25) is 4.79 Å². The third-order valence-electron chi connectivity index (χ3n) is 3.57. The molecule has 1 heterocycles. The molecule has 1 aromatic rings. The van der Waals surface area contributed by atoms with Gasteiger partial charge in [0.15, 0.2) is 5.78 Å². The van der Waals surface area contributed by atoms with Crippen LogP contribution < -0.4 is 15.4 Å². The van der Waals surface area contributed by atoms with E-state index in [1.807, 2.05) is 39.8 Å². The van der Waals surface area contributed by atoms with Gasteiger partial charge in [0.2, 0.25) is 0 Å². The third-order valence-corrected chi connectivity index (χ3v) is 3.57. The van der Waals surface area contributed by atoms with Gasteiger partial charge in [0.25, 0.3) is 0 Å². The highest BCUT2D eigenvalue weighted by Gasteiger charge is 2.25. The van der Waals surface area contributed by atoms with Crippen molar-refractivity contribution in [2.75, 3.05) is 18.5 Å². The Hall–Kier alpha value is -1.59. The molecule has 0 amide bonds. The van der Waals surface area contributed by atoms with Crippen LogP contribution in [0, 0.1) is 0 Å². The lowest BCUT2D eigenvalue weighted by molar-refractivity contribution is 0.0911. The van der Waals surface area contributed by atoms with Gasteiger partial charge >= 0.3 is 0 Å². The summed E-state index contributed by atoms with van der Waals surface area (Å²) in [6.07, 6.45) is 0.130. The standard InChI is InChI=1S/C16H24N2O3/c1-10-8-17-13-7-12(5-6-14(13)21-10)15(20)11(2)18-16(3,4)9-19/h5-7,10-11,17-19H,8-9H2,1-4H3. The fourth-order valence-corrected chi connectivity index (χ4v) is 2.38. The van der Waals surface area contributed by atoms with Crippen molar-refractivity contribution in [3.8, 4) is 5.75 Å². The van der Waals surface area contributed by atoms with Crippen molar-refractivity contribution in [1.29, 1.82) is 0 Å². The number of hydrogen-bond acceptors (Lipinski definition) is 5. The van der Waals surface area contributed by atoms with Gasteiger partial charge in [0.05, 0.1) is 24.9 Å². The maximum absolute atomic E-state index is 12.5. The normalized spacial score (nSPS) is 19.2. The zero-order valence-corrected chi connectivity index (χ0v) is 13.1. The number of aliphatic hydroxyl groups excluding tert-OH is 1. The van der Waals surface area contributed by atoms with Crippen LogP contribution in [0.25, 0.3) is 0 Å². The quantitative estimate of drug-likeness (QED) is 0.722. The average Bonchev–Trinajstić information content (AvgIpc) is 2.45. The van der Waals surface area contributed by atoms with Gasteiger partial charge in [-0.1, -0.05) is 0 Å². The van der Waals surface area contributed by atoms with E-state index in [1.165, 1.54) is 0 Å². The number of aliphatic hydroxyl groups is 1. The number of nitrogens with one attached hydrogen (secondary N) is 2. The van der Waals surface area contributed by atoms with Crippen molar-refractivity contribution >= 4 is 11.5 Å². The Morgan fingerprint density at radius 1 is 1.57 bits per heavy atom. The fraction of sp³-hybridized carbons (Fsp3) is 0.562. The molecule has 0 radical (unpaired) electrons. The van der Waals surface area contributed by atoms with Crippen LogP contribution in [0.5, 0.6) is 5.75 Å². The second-order valence-electron chi connectivity index (χ2n) is 6.29. The summed E-state index contributed by atoms with van der Waals surface area (Å²) in [5, 5.41) is 15.7. The first-order valence-electron chi connectivity index (χ1n) is 7.30. The molecule has 1 aliphatic heterocycles. The Labute approximate surface area is 125 Å². The van der Waals surface area contributed by atoms with Gasteiger partial charge in [0.1, 0.15) is 11.9 Å². The molecule has 0 saturated carbocycles. The number of ether oxygens (including phenoxy) is 1. The highest BCUT2D eigenvalue weighted by Crippen LogP contribution is 2.30. The molecular weight excluding hydrogens is 268 g/mol. The first-order chi connectivity index (χ1) is 9.82. The summed E-state index contributed by atoms with van der Waals surface area (Å²) < 4.78 is 5.70. The number of Topliss-reactive ketones (excluding diaryl/α,β-unsaturated/α-hetero) is 1. The van der Waals surface area contributed by atoms with Crippen LogP contribution in [0.1, 0.15) is 38.1 Å². The van der Waals surface area contributed by atoms with Crippen LogP contribution in [0.3, 0.4) is 0 Å². The minimum atomic E-state index is -0.486. The summed E-state index contributed by atoms with van der Waals surface area (Å²) in [4.78, 5) is 12.5. The third kappa shape index (κ3) is 3.74. The lowest BCUT2D eigenvalue weighted by Crippen LogP contribution is -2.50. The minimum Gasteiger partial charge on any atom is -0.487 e. The molecule has 5 nitrogen and oxygen atoms in total. The molecule has 2 unspecified atom stereocenters. The highest BCUT2D eigenvalue weighted by atomic mass is 16.5. The first-order valence-corrected chi connectivity index (χ1v) is 7.30. The number of ketones is 1. The van der Waals surface area contributed by atoms with Gasteiger partial charge in [-0.15, -0.1) is 0 Å². The van der Waals surface area contributed by atoms with Gasteiger partial charge in [-0.25, -0.2) is 0 Å². The van der Waals surface area contributed by atoms with Gasteiger partial charge < -0.3 is 20.5 Å². The Kier molecular flexibility index (Phi) is 4.54. The predicted octanol–water partition coefficient (Wildman–Crippen LogP) is 1.81. The van der Waals surface area contributed by atoms with E-state index in [0.717, 1.165) is 18.0 Å². The van der Waals surface area contributed by atoms with E-state index >= 15 is 0 Å². The molecule has 5 heteroatoms. The van der Waals surface area contributed by atoms with Crippen LogP contribution >= 0.6 is 0 Å². The molecule has 2 rings (SSSR count). The Balaban J connectivity index is 2.13. The van der Waals surface area contributed by atoms with Crippen molar-refractivity contribution in [3.63, 3.8) is 0 Å². The van der Waals surface area contributed by atoms with E-state index in [2.05, 4.69) is 10.6 Å². The molecule has 0 fully saturated rings. The van der Waals surface area contributed by atoms with Crippen molar-refractivity contribution in [1.82, 2.24) is 5.32 Å². The number of carbonyl (C=O) groups excluding carboxylic acids is 1. The number of hydrogen-bond donors (Lipinski definition) is 3. The Bertz CT molecular complexity index is 528. The monoisotopic (exact) mass is 292 g/mol. The molecule has 0 bridgehead atoms. The summed E-state index contributed by atoms with van der Waals surface area (Å²) in [5.41, 5.74) is 1.00. The topological polar surface area (TPSA) is 70.6 Å². The lowest BCUT2D eigenvalue weighted by Gasteiger charge is -2.28. The van der Waals surface area contributed by atoms with Gasteiger partial charge in [0, 0.05) is 11.1 Å². The van der Waals surface area contributed by atoms with Crippen LogP contribution in [0.4, 0.5) is 5.69 Å². The van der Waals surface area contributed by atoms with Crippen molar-refractivity contribution in [2.45, 2.75) is 45.4 Å². The van der Waals surface area contributed by atoms with E-state index in [9.17, 15) is 9.90 Å². The van der Waals surface area contributed by atoms with Crippen LogP contribution in [0.15, 0.2) is 18.2 Å². The van der Waals surface area contributed by atoms with Crippen molar-refractivity contribution in [2.24, 2.45) is 0 Å². The Morgan fingerprint density at radius 3 is 2.95 bits per heavy atom. The maximum atomic E-state index is 12.5. The second-order valence-corrected chi connectivity index (χ2v) is 6.29. The molecule has 1 aliphatic rings. The first kappa shape index (κ1) is 15.8. The van der Waals surface area contributed by atoms with E-state index in [1.54, 1.807) is 6.07 Å². The van der Waals surface area contributed by atoms with Crippen molar-refractivity contribution < 1.29 is 14.6 Å². The zero-order valence-electron chi connectivity index (χ0n) is 13.1. The van der Waals surface area contributed by atoms with Crippen molar-refractivity contribution in [3.05, 3.63) is 23.8 Å². The molecule has 0 aromatic heterocycles. The summed E-state index contributed by atoms with van der Waals surface area (Å²) in [6.45, 7) is 8.24. The lowest BCUT2D eigenvalue weighted by atomic mass is 10.00. The molecule has 21 heavy (non-hydrogen) atoms. The molecule has 0 aliphatic carbocycles. The van der Waals surface area contributed by atoms with Crippen LogP contribution in [-0.4, -0.2) is 41.7 Å². The van der Waals surface area contributed by atoms with Gasteiger partial charge in [-0.2, -0.15) is 0 Å². The average molecular weight is 292 g/mol. The number of carbonyl (C=O) groups is 1. The maximum Gasteiger partial charge on any atom is 0.179 e. The van der Waals surface area contributed by atoms with Gasteiger partial charge in [-0.05, 0) is 45.9 Å². The summed E-state index contributed by atoms with van der Waals surface area (Å²) in [6, 6.07) is 5.07. The SMILES string of the molecule is CC1CNc2cc(C(=O)C(C)NC(C)(C)CO)ccc2O1. The molecule has 2 atom stereocenters. The number of anilines is 1. The highest BCUT2D eigenvalue weighted by molar-refractivity contribution is 6.01. The summed E-state index contributed by atoms with van der Waals surface area (Å²) in [7, 11) is 0. The number of fused-ring (bicyclic) bond motifs is 1. The van der Waals surface area contributed by atoms with Crippen LogP contribution in [-0.2, 0) is 0 Å². The number of benzene rings is 1. The molecule has 0 saturated heterocycles. The molecule has 3 N–H and O–H groups in total. The smallest absolute Gasteiger partial charge is 0.179 e. The molecule has 0 spiro atoms. The summed E-state index contributed by atoms with van der Waals surface area (Å²) in [5.74, 6) is 0.779. The fourth-order valence-electron chi connectivity index (χ4n) is 2.38. The van der Waals surface area contributed by atoms with E-state index < -0.39 is 5.54 Å². The predicted molar refractivity (Wildman–Crippen MR) is 83.1 cm³/mol. The summed E-state index contributed by atoms with van der Waals surface area (Å²) >= 11 is 0. The zero-order chi connectivity index (χ0) is 15.6.